The summed E-state index contributed by atoms with van der Waals surface area (Å²) in [4.78, 5) is 15.8. The molecule has 3 rings (SSSR count). The molecule has 1 fully saturated rings. The van der Waals surface area contributed by atoms with Crippen LogP contribution >= 0.6 is 23.2 Å². The molecule has 2 aromatic rings. The molecule has 1 saturated heterocycles. The largest absolute Gasteiger partial charge is 0.351 e. The zero-order valence-electron chi connectivity index (χ0n) is 19.9. The molecule has 1 unspecified atom stereocenters. The molecular weight excluding hydrogens is 507 g/mol. The van der Waals surface area contributed by atoms with E-state index >= 15 is 0 Å². The third-order valence-corrected chi connectivity index (χ3v) is 7.99. The molecule has 0 saturated carbocycles. The van der Waals surface area contributed by atoms with E-state index in [0.717, 1.165) is 37.1 Å². The standard InChI is InChI=1S/C25H30Cl2N4O3S/c1-25(20-7-8-22(26)23(27)15-20,24(32)29-17-19-5-3-18(16-28)4-6-19)11-14-31-12-9-21(10-13-31)30-35(2,33)34/h3-8,15,21,30H,9-14,17H2,1-2H3,(H,29,32). The summed E-state index contributed by atoms with van der Waals surface area (Å²) in [5.41, 5.74) is 1.38. The molecule has 188 valence electrons. The van der Waals surface area contributed by atoms with Gasteiger partial charge in [0.15, 0.2) is 0 Å². The highest BCUT2D eigenvalue weighted by Gasteiger charge is 2.36. The van der Waals surface area contributed by atoms with Gasteiger partial charge >= 0.3 is 0 Å². The van der Waals surface area contributed by atoms with Gasteiger partial charge in [-0.2, -0.15) is 5.26 Å². The lowest BCUT2D eigenvalue weighted by Crippen LogP contribution is -2.47. The van der Waals surface area contributed by atoms with Gasteiger partial charge in [0, 0.05) is 12.6 Å². The lowest BCUT2D eigenvalue weighted by molar-refractivity contribution is -0.126. The monoisotopic (exact) mass is 536 g/mol. The minimum absolute atomic E-state index is 0.0570. The number of nitrogens with zero attached hydrogens (tertiary/aromatic N) is 2. The van der Waals surface area contributed by atoms with Gasteiger partial charge in [0.1, 0.15) is 0 Å². The lowest BCUT2D eigenvalue weighted by atomic mass is 9.78. The van der Waals surface area contributed by atoms with Crippen molar-refractivity contribution >= 4 is 39.1 Å². The number of carbonyl (C=O) groups excluding carboxylic acids is 1. The molecule has 35 heavy (non-hydrogen) atoms. The van der Waals surface area contributed by atoms with Crippen LogP contribution in [0.5, 0.6) is 0 Å². The molecule has 2 N–H and O–H groups in total. The zero-order valence-corrected chi connectivity index (χ0v) is 22.2. The first-order chi connectivity index (χ1) is 16.5. The Morgan fingerprint density at radius 2 is 1.80 bits per heavy atom. The van der Waals surface area contributed by atoms with Gasteiger partial charge in [-0.1, -0.05) is 41.4 Å². The van der Waals surface area contributed by atoms with Crippen molar-refractivity contribution in [3.8, 4) is 6.07 Å². The summed E-state index contributed by atoms with van der Waals surface area (Å²) in [6.45, 7) is 4.41. The highest BCUT2D eigenvalue weighted by Crippen LogP contribution is 2.33. The first kappa shape index (κ1) is 27.4. The molecule has 1 atom stereocenters. The molecule has 1 heterocycles. The van der Waals surface area contributed by atoms with Crippen LogP contribution in [0, 0.1) is 11.3 Å². The van der Waals surface area contributed by atoms with Crippen LogP contribution in [0.1, 0.15) is 42.9 Å². The predicted molar refractivity (Wildman–Crippen MR) is 139 cm³/mol. The van der Waals surface area contributed by atoms with Crippen LogP contribution in [-0.2, 0) is 26.8 Å². The third kappa shape index (κ3) is 7.66. The zero-order chi connectivity index (χ0) is 25.6. The molecule has 1 aliphatic rings. The van der Waals surface area contributed by atoms with E-state index in [-0.39, 0.29) is 11.9 Å². The Morgan fingerprint density at radius 3 is 2.37 bits per heavy atom. The summed E-state index contributed by atoms with van der Waals surface area (Å²) in [5, 5.41) is 12.8. The second-order valence-electron chi connectivity index (χ2n) is 9.21. The van der Waals surface area contributed by atoms with Crippen LogP contribution in [0.15, 0.2) is 42.5 Å². The fourth-order valence-electron chi connectivity index (χ4n) is 4.26. The average Bonchev–Trinajstić information content (AvgIpc) is 2.83. The number of halogens is 2. The fraction of sp³-hybridized carbons (Fsp3) is 0.440. The summed E-state index contributed by atoms with van der Waals surface area (Å²) in [5.74, 6) is -0.131. The SMILES string of the molecule is CC(CCN1CCC(NS(C)(=O)=O)CC1)(C(=O)NCc1ccc(C#N)cc1)c1ccc(Cl)c(Cl)c1. The summed E-state index contributed by atoms with van der Waals surface area (Å²) < 4.78 is 25.7. The fourth-order valence-corrected chi connectivity index (χ4v) is 5.40. The molecule has 1 aliphatic heterocycles. The summed E-state index contributed by atoms with van der Waals surface area (Å²) in [6.07, 6.45) is 3.18. The van der Waals surface area contributed by atoms with Gasteiger partial charge < -0.3 is 10.2 Å². The quantitative estimate of drug-likeness (QED) is 0.506. The Hall–Kier alpha value is -2.15. The molecule has 2 aromatic carbocycles. The predicted octanol–water partition coefficient (Wildman–Crippen LogP) is 3.84. The Bertz CT molecular complexity index is 1190. The van der Waals surface area contributed by atoms with E-state index in [1.165, 1.54) is 6.26 Å². The van der Waals surface area contributed by atoms with E-state index in [0.29, 0.717) is 35.1 Å². The number of likely N-dealkylation sites (tertiary alicyclic amines) is 1. The van der Waals surface area contributed by atoms with Gasteiger partial charge in [-0.25, -0.2) is 13.1 Å². The lowest BCUT2D eigenvalue weighted by Gasteiger charge is -2.35. The maximum atomic E-state index is 13.5. The van der Waals surface area contributed by atoms with Gasteiger partial charge in [-0.3, -0.25) is 4.79 Å². The van der Waals surface area contributed by atoms with Crippen molar-refractivity contribution in [2.45, 2.75) is 44.2 Å². The molecule has 0 radical (unpaired) electrons. The van der Waals surface area contributed by atoms with E-state index in [1.54, 1.807) is 24.3 Å². The summed E-state index contributed by atoms with van der Waals surface area (Å²) >= 11 is 12.4. The van der Waals surface area contributed by atoms with Crippen LogP contribution in [0.2, 0.25) is 10.0 Å². The van der Waals surface area contributed by atoms with Crippen LogP contribution in [0.25, 0.3) is 0 Å². The van der Waals surface area contributed by atoms with Crippen LogP contribution in [0.3, 0.4) is 0 Å². The van der Waals surface area contributed by atoms with E-state index < -0.39 is 15.4 Å². The Kier molecular flexibility index (Phi) is 9.19. The number of piperidine rings is 1. The number of hydrogen-bond acceptors (Lipinski definition) is 5. The number of nitrogens with one attached hydrogen (secondary N) is 2. The van der Waals surface area contributed by atoms with Crippen molar-refractivity contribution < 1.29 is 13.2 Å². The van der Waals surface area contributed by atoms with Crippen molar-refractivity contribution in [3.63, 3.8) is 0 Å². The van der Waals surface area contributed by atoms with Crippen molar-refractivity contribution in [1.82, 2.24) is 14.9 Å². The molecule has 1 amide bonds. The molecule has 0 aliphatic carbocycles. The molecular formula is C25H30Cl2N4O3S. The van der Waals surface area contributed by atoms with Crippen LogP contribution < -0.4 is 10.0 Å². The van der Waals surface area contributed by atoms with E-state index in [4.69, 9.17) is 28.5 Å². The number of carbonyl (C=O) groups is 1. The molecule has 10 heteroatoms. The number of sulfonamides is 1. The number of amides is 1. The van der Waals surface area contributed by atoms with Crippen molar-refractivity contribution in [2.75, 3.05) is 25.9 Å². The van der Waals surface area contributed by atoms with Gasteiger partial charge in [0.05, 0.1) is 33.3 Å². The molecule has 7 nitrogen and oxygen atoms in total. The number of rotatable bonds is 9. The van der Waals surface area contributed by atoms with Crippen molar-refractivity contribution in [2.24, 2.45) is 0 Å². The van der Waals surface area contributed by atoms with E-state index in [2.05, 4.69) is 21.0 Å². The van der Waals surface area contributed by atoms with Gasteiger partial charge in [0.25, 0.3) is 0 Å². The van der Waals surface area contributed by atoms with Gasteiger partial charge in [0.2, 0.25) is 15.9 Å². The van der Waals surface area contributed by atoms with E-state index in [9.17, 15) is 13.2 Å². The second kappa shape index (κ2) is 11.7. The smallest absolute Gasteiger partial charge is 0.230 e. The first-order valence-electron chi connectivity index (χ1n) is 11.4. The highest BCUT2D eigenvalue weighted by atomic mass is 35.5. The summed E-state index contributed by atoms with van der Waals surface area (Å²) in [7, 11) is -3.23. The molecule has 0 spiro atoms. The van der Waals surface area contributed by atoms with Crippen molar-refractivity contribution in [1.29, 1.82) is 5.26 Å². The van der Waals surface area contributed by atoms with Crippen LogP contribution in [-0.4, -0.2) is 51.2 Å². The van der Waals surface area contributed by atoms with Gasteiger partial charge in [-0.05, 0) is 81.2 Å². The summed E-state index contributed by atoms with van der Waals surface area (Å²) in [6, 6.07) is 14.4. The van der Waals surface area contributed by atoms with Crippen LogP contribution in [0.4, 0.5) is 0 Å². The maximum absolute atomic E-state index is 13.5. The minimum Gasteiger partial charge on any atom is -0.351 e. The second-order valence-corrected chi connectivity index (χ2v) is 11.8. The minimum atomic E-state index is -3.23. The van der Waals surface area contributed by atoms with E-state index in [1.807, 2.05) is 25.1 Å². The topological polar surface area (TPSA) is 102 Å². The highest BCUT2D eigenvalue weighted by molar-refractivity contribution is 7.88. The average molecular weight is 538 g/mol. The normalized spacial score (nSPS) is 16.9. The molecule has 0 aromatic heterocycles. The Labute approximate surface area is 217 Å². The van der Waals surface area contributed by atoms with Gasteiger partial charge in [-0.15, -0.1) is 0 Å². The Morgan fingerprint density at radius 1 is 1.14 bits per heavy atom. The number of benzene rings is 2. The first-order valence-corrected chi connectivity index (χ1v) is 14.1. The number of hydrogen-bond donors (Lipinski definition) is 2. The number of nitriles is 1. The maximum Gasteiger partial charge on any atom is 0.230 e. The van der Waals surface area contributed by atoms with Crippen molar-refractivity contribution in [3.05, 3.63) is 69.2 Å². The molecule has 0 bridgehead atoms. The Balaban J connectivity index is 1.70. The third-order valence-electron chi connectivity index (χ3n) is 6.49.